The van der Waals surface area contributed by atoms with E-state index >= 15 is 0 Å². The van der Waals surface area contributed by atoms with Gasteiger partial charge in [0.2, 0.25) is 0 Å². The van der Waals surface area contributed by atoms with Crippen molar-refractivity contribution < 1.29 is 19.1 Å². The molecule has 14 heavy (non-hydrogen) atoms. The Balaban J connectivity index is 3.83. The van der Waals surface area contributed by atoms with Crippen LogP contribution in [0.1, 0.15) is 26.7 Å². The molecule has 0 aromatic rings. The molecule has 0 radical (unpaired) electrons. The molecule has 0 aliphatic rings. The molecule has 0 spiro atoms. The van der Waals surface area contributed by atoms with E-state index in [0.29, 0.717) is 6.42 Å². The third kappa shape index (κ3) is 8.04. The van der Waals surface area contributed by atoms with Gasteiger partial charge in [0, 0.05) is 19.2 Å². The lowest BCUT2D eigenvalue weighted by Gasteiger charge is -2.15. The van der Waals surface area contributed by atoms with E-state index in [9.17, 15) is 9.59 Å². The second-order valence-corrected chi connectivity index (χ2v) is 3.66. The number of hydrogen-bond donors (Lipinski definition) is 0. The van der Waals surface area contributed by atoms with Gasteiger partial charge in [-0.15, -0.1) is 0 Å². The second kappa shape index (κ2) is 7.79. The first-order valence-corrected chi connectivity index (χ1v) is 5.55. The fourth-order valence-corrected chi connectivity index (χ4v) is 1.25. The van der Waals surface area contributed by atoms with Crippen molar-refractivity contribution in [3.63, 3.8) is 0 Å². The van der Waals surface area contributed by atoms with Gasteiger partial charge in [-0.3, -0.25) is 9.59 Å². The largest absolute Gasteiger partial charge is 0.462 e. The molecule has 82 valence electrons. The molecule has 5 heteroatoms. The van der Waals surface area contributed by atoms with Gasteiger partial charge in [-0.1, -0.05) is 15.9 Å². The summed E-state index contributed by atoms with van der Waals surface area (Å²) in [6.07, 6.45) is 1.24. The van der Waals surface area contributed by atoms with E-state index < -0.39 is 0 Å². The summed E-state index contributed by atoms with van der Waals surface area (Å²) in [5.41, 5.74) is 0. The number of ether oxygens (including phenoxy) is 2. The average molecular weight is 267 g/mol. The van der Waals surface area contributed by atoms with Crippen molar-refractivity contribution in [2.45, 2.75) is 32.8 Å². The van der Waals surface area contributed by atoms with E-state index in [0.717, 1.165) is 11.8 Å². The number of carbonyl (C=O) groups excluding carboxylic acids is 2. The van der Waals surface area contributed by atoms with Crippen LogP contribution in [0.15, 0.2) is 0 Å². The zero-order valence-electron chi connectivity index (χ0n) is 8.42. The van der Waals surface area contributed by atoms with Crippen LogP contribution in [0.5, 0.6) is 0 Å². The Morgan fingerprint density at radius 1 is 1.29 bits per heavy atom. The molecular formula is C9H15BrO4. The third-order valence-electron chi connectivity index (χ3n) is 1.46. The lowest BCUT2D eigenvalue weighted by molar-refractivity contribution is -0.156. The highest BCUT2D eigenvalue weighted by atomic mass is 79.9. The molecule has 0 saturated heterocycles. The fraction of sp³-hybridized carbons (Fsp3) is 0.778. The minimum atomic E-state index is -0.360. The van der Waals surface area contributed by atoms with Crippen LogP contribution in [0, 0.1) is 0 Å². The monoisotopic (exact) mass is 266 g/mol. The first-order chi connectivity index (χ1) is 6.56. The Hall–Kier alpha value is -0.580. The maximum atomic E-state index is 10.7. The summed E-state index contributed by atoms with van der Waals surface area (Å²) in [5.74, 6) is -0.710. The van der Waals surface area contributed by atoms with Crippen LogP contribution in [-0.4, -0.2) is 30.0 Å². The van der Waals surface area contributed by atoms with Gasteiger partial charge in [-0.25, -0.2) is 0 Å². The highest BCUT2D eigenvalue weighted by Crippen LogP contribution is 2.05. The van der Waals surface area contributed by atoms with Crippen molar-refractivity contribution >= 4 is 27.9 Å². The number of carbonyl (C=O) groups is 2. The quantitative estimate of drug-likeness (QED) is 0.542. The predicted octanol–water partition coefficient (Wildman–Crippen LogP) is 1.66. The Labute approximate surface area is 92.1 Å². The zero-order chi connectivity index (χ0) is 11.0. The molecule has 0 saturated carbocycles. The molecule has 0 aromatic carbocycles. The summed E-state index contributed by atoms with van der Waals surface area (Å²) < 4.78 is 9.74. The minimum Gasteiger partial charge on any atom is -0.462 e. The van der Waals surface area contributed by atoms with Crippen LogP contribution in [0.4, 0.5) is 0 Å². The molecule has 0 fully saturated rings. The summed E-state index contributed by atoms with van der Waals surface area (Å²) in [4.78, 5) is 21.2. The van der Waals surface area contributed by atoms with Crippen molar-refractivity contribution in [3.05, 3.63) is 0 Å². The first-order valence-electron chi connectivity index (χ1n) is 4.42. The van der Waals surface area contributed by atoms with Gasteiger partial charge in [-0.2, -0.15) is 0 Å². The SMILES string of the molecule is CC(=O)OC[C@@H](CCCBr)OC(C)=O. The molecule has 1 atom stereocenters. The van der Waals surface area contributed by atoms with Crippen LogP contribution >= 0.6 is 15.9 Å². The van der Waals surface area contributed by atoms with Gasteiger partial charge in [0.25, 0.3) is 0 Å². The average Bonchev–Trinajstić information content (AvgIpc) is 2.09. The summed E-state index contributed by atoms with van der Waals surface area (Å²) in [7, 11) is 0. The highest BCUT2D eigenvalue weighted by molar-refractivity contribution is 9.09. The van der Waals surface area contributed by atoms with Crippen LogP contribution in [0.3, 0.4) is 0 Å². The molecule has 4 nitrogen and oxygen atoms in total. The van der Waals surface area contributed by atoms with Gasteiger partial charge in [-0.05, 0) is 12.8 Å². The molecule has 0 aliphatic heterocycles. The molecule has 0 bridgehead atoms. The van der Waals surface area contributed by atoms with Crippen LogP contribution in [-0.2, 0) is 19.1 Å². The van der Waals surface area contributed by atoms with E-state index in [-0.39, 0.29) is 24.6 Å². The molecule has 0 amide bonds. The summed E-state index contributed by atoms with van der Waals surface area (Å²) in [6.45, 7) is 2.81. The maximum absolute atomic E-state index is 10.7. The van der Waals surface area contributed by atoms with Crippen molar-refractivity contribution in [2.24, 2.45) is 0 Å². The van der Waals surface area contributed by atoms with Crippen molar-refractivity contribution in [1.29, 1.82) is 0 Å². The molecular weight excluding hydrogens is 252 g/mol. The van der Waals surface area contributed by atoms with Gasteiger partial charge in [0.05, 0.1) is 0 Å². The van der Waals surface area contributed by atoms with Crippen molar-refractivity contribution in [1.82, 2.24) is 0 Å². The molecule has 0 aliphatic carbocycles. The topological polar surface area (TPSA) is 52.6 Å². The van der Waals surface area contributed by atoms with Crippen LogP contribution in [0.2, 0.25) is 0 Å². The fourth-order valence-electron chi connectivity index (χ4n) is 0.926. The Kier molecular flexibility index (Phi) is 7.47. The Morgan fingerprint density at radius 2 is 1.93 bits per heavy atom. The third-order valence-corrected chi connectivity index (χ3v) is 2.03. The summed E-state index contributed by atoms with van der Waals surface area (Å²) in [5, 5.41) is 0.838. The van der Waals surface area contributed by atoms with E-state index in [1.807, 2.05) is 0 Å². The van der Waals surface area contributed by atoms with Crippen LogP contribution in [0.25, 0.3) is 0 Å². The Morgan fingerprint density at radius 3 is 2.36 bits per heavy atom. The molecule has 0 rings (SSSR count). The van der Waals surface area contributed by atoms with Gasteiger partial charge >= 0.3 is 11.9 Å². The number of rotatable bonds is 6. The number of esters is 2. The predicted molar refractivity (Wildman–Crippen MR) is 55.2 cm³/mol. The lowest BCUT2D eigenvalue weighted by atomic mass is 10.2. The van der Waals surface area contributed by atoms with Gasteiger partial charge in [0.1, 0.15) is 12.7 Å². The lowest BCUT2D eigenvalue weighted by Crippen LogP contribution is -2.23. The zero-order valence-corrected chi connectivity index (χ0v) is 10.0. The van der Waals surface area contributed by atoms with Crippen molar-refractivity contribution in [2.75, 3.05) is 11.9 Å². The summed E-state index contributed by atoms with van der Waals surface area (Å²) in [6, 6.07) is 0. The van der Waals surface area contributed by atoms with Gasteiger partial charge in [0.15, 0.2) is 0 Å². The highest BCUT2D eigenvalue weighted by Gasteiger charge is 2.12. The van der Waals surface area contributed by atoms with Crippen molar-refractivity contribution in [3.8, 4) is 0 Å². The summed E-state index contributed by atoms with van der Waals surface area (Å²) >= 11 is 3.28. The second-order valence-electron chi connectivity index (χ2n) is 2.87. The minimum absolute atomic E-state index is 0.141. The molecule has 0 aromatic heterocycles. The van der Waals surface area contributed by atoms with Crippen LogP contribution < -0.4 is 0 Å². The van der Waals surface area contributed by atoms with E-state index in [2.05, 4.69) is 15.9 Å². The molecule has 0 heterocycles. The normalized spacial score (nSPS) is 11.9. The number of hydrogen-bond acceptors (Lipinski definition) is 4. The standard InChI is InChI=1S/C9H15BrO4/c1-7(11)13-6-9(4-3-5-10)14-8(2)12/h9H,3-6H2,1-2H3/t9-/m1/s1. The Bertz CT molecular complexity index is 193. The molecule has 0 unspecified atom stereocenters. The first kappa shape index (κ1) is 13.4. The van der Waals surface area contributed by atoms with E-state index in [1.54, 1.807) is 0 Å². The number of halogens is 1. The smallest absolute Gasteiger partial charge is 0.303 e. The van der Waals surface area contributed by atoms with E-state index in [4.69, 9.17) is 9.47 Å². The van der Waals surface area contributed by atoms with Gasteiger partial charge < -0.3 is 9.47 Å². The number of alkyl halides is 1. The van der Waals surface area contributed by atoms with E-state index in [1.165, 1.54) is 13.8 Å². The maximum Gasteiger partial charge on any atom is 0.303 e. The molecule has 0 N–H and O–H groups in total.